The Balaban J connectivity index is 5.45. The van der Waals surface area contributed by atoms with Gasteiger partial charge < -0.3 is 0 Å². The molecule has 0 aliphatic rings. The van der Waals surface area contributed by atoms with E-state index in [9.17, 15) is 48.3 Å². The topological polar surface area (TPSA) is 0 Å². The number of allylic oxidation sites excluding steroid dienone is 2. The van der Waals surface area contributed by atoms with Crippen molar-refractivity contribution in [1.82, 2.24) is 0 Å². The quantitative estimate of drug-likeness (QED) is 0.665. The molecule has 0 spiro atoms. The predicted molar refractivity (Wildman–Crippen MR) is 31.2 cm³/mol. The van der Waals surface area contributed by atoms with E-state index in [1.54, 1.807) is 0 Å². The van der Waals surface area contributed by atoms with Crippen LogP contribution >= 0.6 is 0 Å². The van der Waals surface area contributed by atoms with Gasteiger partial charge in [0, 0.05) is 6.08 Å². The predicted octanol–water partition coefficient (Wildman–Crippen LogP) is 4.24. The Hall–Kier alpha value is -1.03. The molecule has 17 heavy (non-hydrogen) atoms. The van der Waals surface area contributed by atoms with Gasteiger partial charge >= 0.3 is 24.2 Å². The van der Waals surface area contributed by atoms with Crippen molar-refractivity contribution in [3.05, 3.63) is 11.9 Å². The van der Waals surface area contributed by atoms with Crippen molar-refractivity contribution in [2.45, 2.75) is 24.2 Å². The molecule has 0 atom stereocenters. The average molecular weight is 282 g/mol. The first-order valence-electron chi connectivity index (χ1n) is 3.41. The lowest BCUT2D eigenvalue weighted by atomic mass is 10.1. The van der Waals surface area contributed by atoms with Gasteiger partial charge in [-0.3, -0.25) is 0 Å². The van der Waals surface area contributed by atoms with Crippen molar-refractivity contribution in [2.75, 3.05) is 0 Å². The van der Waals surface area contributed by atoms with Crippen LogP contribution < -0.4 is 0 Å². The van der Waals surface area contributed by atoms with Gasteiger partial charge in [-0.05, 0) is 0 Å². The number of halogens is 11. The van der Waals surface area contributed by atoms with Gasteiger partial charge in [-0.1, -0.05) is 0 Å². The average Bonchev–Trinajstić information content (AvgIpc) is 1.98. The summed E-state index contributed by atoms with van der Waals surface area (Å²) in [4.78, 5) is 0. The van der Waals surface area contributed by atoms with Gasteiger partial charge in [0.05, 0.1) is 0 Å². The van der Waals surface area contributed by atoms with E-state index in [0.29, 0.717) is 0 Å². The summed E-state index contributed by atoms with van der Waals surface area (Å²) in [5, 5.41) is 0. The molecule has 0 aromatic rings. The molecule has 0 aromatic heterocycles. The second-order valence-corrected chi connectivity index (χ2v) is 2.69. The third kappa shape index (κ3) is 3.22. The smallest absolute Gasteiger partial charge is 0.202 e. The van der Waals surface area contributed by atoms with Gasteiger partial charge in [0.25, 0.3) is 0 Å². The van der Waals surface area contributed by atoms with E-state index in [0.717, 1.165) is 0 Å². The highest BCUT2D eigenvalue weighted by atomic mass is 19.4. The summed E-state index contributed by atoms with van der Waals surface area (Å²) in [6.07, 6.45) is -15.0. The second kappa shape index (κ2) is 4.02. The summed E-state index contributed by atoms with van der Waals surface area (Å²) >= 11 is 0. The zero-order valence-electron chi connectivity index (χ0n) is 7.23. The Kier molecular flexibility index (Phi) is 3.77. The molecule has 0 bridgehead atoms. The molecule has 0 saturated heterocycles. The molecule has 0 N–H and O–H groups in total. The van der Waals surface area contributed by atoms with Gasteiger partial charge in [0.15, 0.2) is 0 Å². The lowest BCUT2D eigenvalue weighted by Crippen LogP contribution is -2.51. The lowest BCUT2D eigenvalue weighted by molar-refractivity contribution is -0.342. The van der Waals surface area contributed by atoms with E-state index >= 15 is 0 Å². The maximum Gasteiger partial charge on any atom is 0.460 e. The van der Waals surface area contributed by atoms with E-state index in [1.165, 1.54) is 0 Å². The Bertz CT molecular complexity index is 303. The maximum atomic E-state index is 12.2. The monoisotopic (exact) mass is 282 g/mol. The summed E-state index contributed by atoms with van der Waals surface area (Å²) in [6.45, 7) is 0. The molecule has 11 heteroatoms. The van der Waals surface area contributed by atoms with Crippen molar-refractivity contribution >= 4 is 0 Å². The lowest BCUT2D eigenvalue weighted by Gasteiger charge is -2.26. The zero-order valence-corrected chi connectivity index (χ0v) is 7.23. The molecule has 0 nitrogen and oxygen atoms in total. The van der Waals surface area contributed by atoms with Crippen molar-refractivity contribution in [3.8, 4) is 0 Å². The minimum atomic E-state index is -6.82. The fraction of sp³-hybridized carbons (Fsp3) is 0.667. The van der Waals surface area contributed by atoms with E-state index in [2.05, 4.69) is 0 Å². The fourth-order valence-electron chi connectivity index (χ4n) is 0.521. The van der Waals surface area contributed by atoms with E-state index in [4.69, 9.17) is 0 Å². The van der Waals surface area contributed by atoms with Crippen LogP contribution in [0.3, 0.4) is 0 Å². The Labute approximate surface area is 85.7 Å². The molecule has 0 amide bonds. The first kappa shape index (κ1) is 16.0. The van der Waals surface area contributed by atoms with Crippen LogP contribution in [0.15, 0.2) is 11.9 Å². The largest absolute Gasteiger partial charge is 0.460 e. The summed E-state index contributed by atoms with van der Waals surface area (Å²) in [5.74, 6) is -16.9. The Morgan fingerprint density at radius 1 is 0.706 bits per heavy atom. The van der Waals surface area contributed by atoms with E-state index in [-0.39, 0.29) is 0 Å². The van der Waals surface area contributed by atoms with Crippen LogP contribution in [0, 0.1) is 0 Å². The third-order valence-corrected chi connectivity index (χ3v) is 1.35. The first-order valence-corrected chi connectivity index (χ1v) is 3.41. The summed E-state index contributed by atoms with van der Waals surface area (Å²) in [5.41, 5.74) is 0. The summed E-state index contributed by atoms with van der Waals surface area (Å²) < 4.78 is 129. The van der Waals surface area contributed by atoms with E-state index < -0.39 is 36.1 Å². The molecule has 0 aliphatic heterocycles. The first-order chi connectivity index (χ1) is 7.13. The number of hydrogen-bond acceptors (Lipinski definition) is 0. The molecule has 0 fully saturated rings. The van der Waals surface area contributed by atoms with Crippen molar-refractivity contribution in [2.24, 2.45) is 0 Å². The molecule has 0 rings (SSSR count). The van der Waals surface area contributed by atoms with Gasteiger partial charge in [0.1, 0.15) is 0 Å². The molecule has 102 valence electrons. The fourth-order valence-corrected chi connectivity index (χ4v) is 0.521. The maximum absolute atomic E-state index is 12.2. The van der Waals surface area contributed by atoms with Crippen LogP contribution in [0.2, 0.25) is 0 Å². The van der Waals surface area contributed by atoms with Gasteiger partial charge in [-0.15, -0.1) is 0 Å². The summed E-state index contributed by atoms with van der Waals surface area (Å²) in [7, 11) is 0. The second-order valence-electron chi connectivity index (χ2n) is 2.69. The Morgan fingerprint density at radius 2 is 1.06 bits per heavy atom. The van der Waals surface area contributed by atoms with Crippen molar-refractivity contribution in [3.63, 3.8) is 0 Å². The number of alkyl halides is 10. The molecule has 0 saturated carbocycles. The molecule has 0 aromatic carbocycles. The van der Waals surface area contributed by atoms with E-state index in [1.807, 2.05) is 0 Å². The number of rotatable bonds is 2. The SMILES string of the molecule is F/C(=C\C(F)(F)C(F)(F)C(F)(F)F)C(F)(F)F. The highest BCUT2D eigenvalue weighted by molar-refractivity contribution is 5.12. The van der Waals surface area contributed by atoms with Crippen molar-refractivity contribution < 1.29 is 48.3 Å². The van der Waals surface area contributed by atoms with Crippen LogP contribution in [0.1, 0.15) is 0 Å². The minimum Gasteiger partial charge on any atom is -0.202 e. The molecule has 0 radical (unpaired) electrons. The molecular formula is C6HF11. The molecule has 0 heterocycles. The third-order valence-electron chi connectivity index (χ3n) is 1.35. The number of hydrogen-bond donors (Lipinski definition) is 0. The van der Waals surface area contributed by atoms with Gasteiger partial charge in [-0.2, -0.15) is 43.9 Å². The standard InChI is InChI=1S/C6HF11/c7-2(4(10,11)12)1-3(8,9)5(13,14)6(15,16)17/h1H/b2-1-. The van der Waals surface area contributed by atoms with Gasteiger partial charge in [0.2, 0.25) is 5.83 Å². The van der Waals surface area contributed by atoms with Gasteiger partial charge in [-0.25, -0.2) is 4.39 Å². The highest BCUT2D eigenvalue weighted by Gasteiger charge is 2.72. The molecular weight excluding hydrogens is 281 g/mol. The summed E-state index contributed by atoms with van der Waals surface area (Å²) in [6, 6.07) is 0. The van der Waals surface area contributed by atoms with Crippen LogP contribution in [0.25, 0.3) is 0 Å². The van der Waals surface area contributed by atoms with Crippen molar-refractivity contribution in [1.29, 1.82) is 0 Å². The van der Waals surface area contributed by atoms with Crippen LogP contribution in [0.5, 0.6) is 0 Å². The van der Waals surface area contributed by atoms with Crippen LogP contribution in [0.4, 0.5) is 48.3 Å². The zero-order chi connectivity index (χ0) is 14.3. The Morgan fingerprint density at radius 3 is 1.29 bits per heavy atom. The molecule has 0 aliphatic carbocycles. The van der Waals surface area contributed by atoms with Crippen LogP contribution in [-0.2, 0) is 0 Å². The van der Waals surface area contributed by atoms with Crippen LogP contribution in [-0.4, -0.2) is 24.2 Å². The highest BCUT2D eigenvalue weighted by Crippen LogP contribution is 2.48. The normalized spacial score (nSPS) is 16.3. The molecule has 0 unspecified atom stereocenters. The minimum absolute atomic E-state index is 2.11.